The Kier molecular flexibility index (Phi) is 5.77. The first kappa shape index (κ1) is 21.0. The number of para-hydroxylation sites is 1. The molecule has 0 spiro atoms. The lowest BCUT2D eigenvalue weighted by Crippen LogP contribution is -2.48. The number of hydrogen-bond donors (Lipinski definition) is 2. The van der Waals surface area contributed by atoms with Crippen LogP contribution in [0.2, 0.25) is 5.02 Å². The van der Waals surface area contributed by atoms with E-state index >= 15 is 0 Å². The Balaban J connectivity index is 1.72. The van der Waals surface area contributed by atoms with Crippen molar-refractivity contribution < 1.29 is 4.79 Å². The number of carbonyl (C=O) groups is 1. The van der Waals surface area contributed by atoms with Crippen molar-refractivity contribution in [2.75, 3.05) is 42.1 Å². The second-order valence-electron chi connectivity index (χ2n) is 7.64. The minimum Gasteiger partial charge on any atom is -0.368 e. The Bertz CT molecular complexity index is 1110. The number of nitrogens with two attached hydrogens (primary N) is 1. The highest BCUT2D eigenvalue weighted by Gasteiger charge is 2.24. The summed E-state index contributed by atoms with van der Waals surface area (Å²) < 4.78 is 0. The highest BCUT2D eigenvalue weighted by Crippen LogP contribution is 2.33. The molecule has 2 aromatic heterocycles. The molecule has 9 nitrogen and oxygen atoms in total. The van der Waals surface area contributed by atoms with Gasteiger partial charge < -0.3 is 20.9 Å². The number of halogens is 1. The number of fused-ring (bicyclic) bond motifs is 1. The van der Waals surface area contributed by atoms with Crippen LogP contribution in [0.5, 0.6) is 0 Å². The van der Waals surface area contributed by atoms with Crippen LogP contribution in [0.4, 0.5) is 17.7 Å². The standard InChI is InChI=1S/C21H25ClN8O/c1-12(24-21-26-13(2)25-20(23)28-21)16-11-15-5-4-6-17(22)18(15)27-19(16)30-9-7-29(8-10-30)14(3)31/h4-6,11-12H,7-10H2,1-3H3,(H3,23,24,25,26,28). The van der Waals surface area contributed by atoms with Crippen LogP contribution in [-0.2, 0) is 4.79 Å². The summed E-state index contributed by atoms with van der Waals surface area (Å²) in [5, 5.41) is 4.88. The average molecular weight is 441 g/mol. The number of nitrogen functional groups attached to an aromatic ring is 1. The van der Waals surface area contributed by atoms with E-state index in [2.05, 4.69) is 31.2 Å². The number of anilines is 3. The molecule has 1 unspecified atom stereocenters. The Hall–Kier alpha value is -3.20. The number of carbonyl (C=O) groups excluding carboxylic acids is 1. The Labute approximate surface area is 185 Å². The molecule has 1 saturated heterocycles. The molecule has 0 bridgehead atoms. The predicted molar refractivity (Wildman–Crippen MR) is 122 cm³/mol. The van der Waals surface area contributed by atoms with Crippen molar-refractivity contribution in [2.24, 2.45) is 0 Å². The number of hydrogen-bond acceptors (Lipinski definition) is 8. The van der Waals surface area contributed by atoms with Crippen molar-refractivity contribution in [3.8, 4) is 0 Å². The van der Waals surface area contributed by atoms with E-state index in [1.165, 1.54) is 0 Å². The Morgan fingerprint density at radius 3 is 2.58 bits per heavy atom. The van der Waals surface area contributed by atoms with E-state index < -0.39 is 0 Å². The number of pyridine rings is 1. The third kappa shape index (κ3) is 4.46. The number of aryl methyl sites for hydroxylation is 1. The summed E-state index contributed by atoms with van der Waals surface area (Å²) in [4.78, 5) is 33.3. The van der Waals surface area contributed by atoms with Crippen LogP contribution in [-0.4, -0.2) is 56.9 Å². The van der Waals surface area contributed by atoms with E-state index in [1.54, 1.807) is 13.8 Å². The topological polar surface area (TPSA) is 113 Å². The van der Waals surface area contributed by atoms with Gasteiger partial charge in [0.15, 0.2) is 0 Å². The first-order valence-corrected chi connectivity index (χ1v) is 10.5. The predicted octanol–water partition coefficient (Wildman–Crippen LogP) is 2.81. The van der Waals surface area contributed by atoms with E-state index in [-0.39, 0.29) is 17.9 Å². The van der Waals surface area contributed by atoms with Gasteiger partial charge in [-0.05, 0) is 26.0 Å². The van der Waals surface area contributed by atoms with Gasteiger partial charge in [-0.25, -0.2) is 4.98 Å². The molecular weight excluding hydrogens is 416 g/mol. The molecule has 162 valence electrons. The molecule has 1 aliphatic rings. The number of nitrogens with zero attached hydrogens (tertiary/aromatic N) is 6. The first-order valence-electron chi connectivity index (χ1n) is 10.2. The number of nitrogens with one attached hydrogen (secondary N) is 1. The van der Waals surface area contributed by atoms with E-state index in [0.29, 0.717) is 43.0 Å². The van der Waals surface area contributed by atoms with Crippen molar-refractivity contribution in [3.05, 3.63) is 40.7 Å². The zero-order valence-electron chi connectivity index (χ0n) is 17.8. The van der Waals surface area contributed by atoms with Crippen molar-refractivity contribution in [1.82, 2.24) is 24.8 Å². The molecule has 1 atom stereocenters. The fraction of sp³-hybridized carbons (Fsp3) is 0.381. The maximum Gasteiger partial charge on any atom is 0.228 e. The molecule has 3 N–H and O–H groups in total. The van der Waals surface area contributed by atoms with Crippen molar-refractivity contribution in [3.63, 3.8) is 0 Å². The highest BCUT2D eigenvalue weighted by molar-refractivity contribution is 6.35. The normalized spacial score (nSPS) is 15.2. The van der Waals surface area contributed by atoms with Crippen LogP contribution in [0.25, 0.3) is 10.9 Å². The molecule has 1 fully saturated rings. The fourth-order valence-electron chi connectivity index (χ4n) is 3.81. The second kappa shape index (κ2) is 8.50. The molecule has 1 aliphatic heterocycles. The lowest BCUT2D eigenvalue weighted by atomic mass is 10.0. The minimum atomic E-state index is -0.155. The minimum absolute atomic E-state index is 0.0900. The van der Waals surface area contributed by atoms with Gasteiger partial charge in [0.2, 0.25) is 17.8 Å². The van der Waals surface area contributed by atoms with Crippen LogP contribution < -0.4 is 16.0 Å². The molecule has 0 radical (unpaired) electrons. The average Bonchev–Trinajstić information content (AvgIpc) is 2.72. The molecule has 1 amide bonds. The molecule has 3 heterocycles. The van der Waals surface area contributed by atoms with Gasteiger partial charge in [-0.1, -0.05) is 23.7 Å². The van der Waals surface area contributed by atoms with Gasteiger partial charge in [-0.15, -0.1) is 0 Å². The summed E-state index contributed by atoms with van der Waals surface area (Å²) >= 11 is 6.44. The van der Waals surface area contributed by atoms with Gasteiger partial charge in [-0.2, -0.15) is 15.0 Å². The zero-order chi connectivity index (χ0) is 22.1. The Morgan fingerprint density at radius 2 is 1.90 bits per heavy atom. The lowest BCUT2D eigenvalue weighted by Gasteiger charge is -2.36. The molecule has 10 heteroatoms. The molecular formula is C21H25ClN8O. The SMILES string of the molecule is CC(=O)N1CCN(c2nc3c(Cl)cccc3cc2C(C)Nc2nc(C)nc(N)n2)CC1. The number of aromatic nitrogens is 4. The van der Waals surface area contributed by atoms with E-state index in [4.69, 9.17) is 22.3 Å². The van der Waals surface area contributed by atoms with Crippen molar-refractivity contribution in [1.29, 1.82) is 0 Å². The van der Waals surface area contributed by atoms with Gasteiger partial charge in [0.05, 0.1) is 16.6 Å². The van der Waals surface area contributed by atoms with Gasteiger partial charge in [0, 0.05) is 44.1 Å². The van der Waals surface area contributed by atoms with E-state index in [1.807, 2.05) is 30.0 Å². The monoisotopic (exact) mass is 440 g/mol. The summed E-state index contributed by atoms with van der Waals surface area (Å²) in [6.07, 6.45) is 0. The summed E-state index contributed by atoms with van der Waals surface area (Å²) in [6, 6.07) is 7.68. The molecule has 0 aliphatic carbocycles. The quantitative estimate of drug-likeness (QED) is 0.636. The molecule has 31 heavy (non-hydrogen) atoms. The van der Waals surface area contributed by atoms with Gasteiger partial charge in [0.1, 0.15) is 11.6 Å². The third-order valence-corrected chi connectivity index (χ3v) is 5.71. The van der Waals surface area contributed by atoms with Crippen LogP contribution >= 0.6 is 11.6 Å². The molecule has 4 rings (SSSR count). The van der Waals surface area contributed by atoms with E-state index in [9.17, 15) is 4.79 Å². The molecule has 1 aromatic carbocycles. The summed E-state index contributed by atoms with van der Waals surface area (Å²) in [5.41, 5.74) is 7.52. The van der Waals surface area contributed by atoms with Crippen LogP contribution in [0.3, 0.4) is 0 Å². The molecule has 3 aromatic rings. The van der Waals surface area contributed by atoms with Crippen LogP contribution in [0.15, 0.2) is 24.3 Å². The summed E-state index contributed by atoms with van der Waals surface area (Å²) in [6.45, 7) is 8.10. The largest absolute Gasteiger partial charge is 0.368 e. The van der Waals surface area contributed by atoms with Gasteiger partial charge >= 0.3 is 0 Å². The van der Waals surface area contributed by atoms with Crippen LogP contribution in [0, 0.1) is 6.92 Å². The van der Waals surface area contributed by atoms with Gasteiger partial charge in [0.25, 0.3) is 0 Å². The van der Waals surface area contributed by atoms with Gasteiger partial charge in [-0.3, -0.25) is 4.79 Å². The van der Waals surface area contributed by atoms with Crippen LogP contribution in [0.1, 0.15) is 31.3 Å². The lowest BCUT2D eigenvalue weighted by molar-refractivity contribution is -0.129. The third-order valence-electron chi connectivity index (χ3n) is 5.41. The van der Waals surface area contributed by atoms with Crippen molar-refractivity contribution >= 4 is 46.1 Å². The zero-order valence-corrected chi connectivity index (χ0v) is 18.5. The van der Waals surface area contributed by atoms with Crippen molar-refractivity contribution in [2.45, 2.75) is 26.8 Å². The molecule has 0 saturated carbocycles. The summed E-state index contributed by atoms with van der Waals surface area (Å²) in [7, 11) is 0. The first-order chi connectivity index (χ1) is 14.8. The maximum atomic E-state index is 11.7. The smallest absolute Gasteiger partial charge is 0.228 e. The fourth-order valence-corrected chi connectivity index (χ4v) is 4.04. The Morgan fingerprint density at radius 1 is 1.16 bits per heavy atom. The number of benzene rings is 1. The number of piperazine rings is 1. The number of amides is 1. The van der Waals surface area contributed by atoms with E-state index in [0.717, 1.165) is 22.3 Å². The summed E-state index contributed by atoms with van der Waals surface area (Å²) in [5.74, 6) is 2.06. The highest BCUT2D eigenvalue weighted by atomic mass is 35.5. The maximum absolute atomic E-state index is 11.7. The number of rotatable bonds is 4. The second-order valence-corrected chi connectivity index (χ2v) is 8.04.